The highest BCUT2D eigenvalue weighted by molar-refractivity contribution is 9.10. The summed E-state index contributed by atoms with van der Waals surface area (Å²) < 4.78 is 11.2. The lowest BCUT2D eigenvalue weighted by atomic mass is 10.0. The van der Waals surface area contributed by atoms with E-state index in [2.05, 4.69) is 15.9 Å². The quantitative estimate of drug-likeness (QED) is 0.726. The minimum absolute atomic E-state index is 0.0149. The fourth-order valence-corrected chi connectivity index (χ4v) is 2.74. The van der Waals surface area contributed by atoms with Gasteiger partial charge in [-0.3, -0.25) is 4.79 Å². The van der Waals surface area contributed by atoms with Crippen LogP contribution in [-0.4, -0.2) is 20.0 Å². The van der Waals surface area contributed by atoms with Crippen molar-refractivity contribution in [2.24, 2.45) is 0 Å². The van der Waals surface area contributed by atoms with Crippen LogP contribution in [0.5, 0.6) is 11.5 Å². The molecule has 0 aliphatic rings. The molecule has 0 aliphatic carbocycles. The zero-order valence-electron chi connectivity index (χ0n) is 11.7. The average Bonchev–Trinajstić information content (AvgIpc) is 2.47. The molecule has 2 aromatic rings. The predicted octanol–water partition coefficient (Wildman–Crippen LogP) is 4.55. The number of hydrogen-bond acceptors (Lipinski definition) is 3. The van der Waals surface area contributed by atoms with E-state index >= 15 is 0 Å². The summed E-state index contributed by atoms with van der Waals surface area (Å²) in [6, 6.07) is 10.5. The van der Waals surface area contributed by atoms with Crippen LogP contribution in [0.2, 0.25) is 5.02 Å². The van der Waals surface area contributed by atoms with E-state index in [4.69, 9.17) is 21.1 Å². The van der Waals surface area contributed by atoms with Crippen LogP contribution in [0.4, 0.5) is 0 Å². The summed E-state index contributed by atoms with van der Waals surface area (Å²) in [5.74, 6) is 1.33. The van der Waals surface area contributed by atoms with E-state index in [1.807, 2.05) is 0 Å². The number of ether oxygens (including phenoxy) is 2. The Morgan fingerprint density at radius 2 is 1.76 bits per heavy atom. The van der Waals surface area contributed by atoms with E-state index in [1.165, 1.54) is 0 Å². The summed E-state index contributed by atoms with van der Waals surface area (Å²) >= 11 is 9.35. The van der Waals surface area contributed by atoms with Gasteiger partial charge in [-0.25, -0.2) is 0 Å². The number of hydrogen-bond donors (Lipinski definition) is 0. The standard InChI is InChI=1S/C16H14BrClO3/c1-20-15-6-4-12(18)7-11(15)9-14(19)10-3-5-16(21-2)13(17)8-10/h3-8H,9H2,1-2H3. The van der Waals surface area contributed by atoms with Crippen molar-refractivity contribution in [3.8, 4) is 11.5 Å². The number of carbonyl (C=O) groups excluding carboxylic acids is 1. The molecule has 21 heavy (non-hydrogen) atoms. The van der Waals surface area contributed by atoms with E-state index in [9.17, 15) is 4.79 Å². The summed E-state index contributed by atoms with van der Waals surface area (Å²) in [5.41, 5.74) is 1.37. The summed E-state index contributed by atoms with van der Waals surface area (Å²) in [6.07, 6.45) is 0.225. The Morgan fingerprint density at radius 1 is 1.10 bits per heavy atom. The lowest BCUT2D eigenvalue weighted by Crippen LogP contribution is -2.05. The van der Waals surface area contributed by atoms with E-state index in [0.29, 0.717) is 22.1 Å². The topological polar surface area (TPSA) is 35.5 Å². The third-order valence-electron chi connectivity index (χ3n) is 3.07. The molecule has 0 aliphatic heterocycles. The third-order valence-corrected chi connectivity index (χ3v) is 3.92. The Bertz CT molecular complexity index is 671. The van der Waals surface area contributed by atoms with Crippen molar-refractivity contribution in [3.05, 3.63) is 57.0 Å². The maximum Gasteiger partial charge on any atom is 0.167 e. The van der Waals surface area contributed by atoms with Crippen molar-refractivity contribution in [3.63, 3.8) is 0 Å². The summed E-state index contributed by atoms with van der Waals surface area (Å²) in [7, 11) is 3.15. The van der Waals surface area contributed by atoms with Gasteiger partial charge in [-0.05, 0) is 52.3 Å². The fraction of sp³-hybridized carbons (Fsp3) is 0.188. The molecule has 0 N–H and O–H groups in total. The van der Waals surface area contributed by atoms with Gasteiger partial charge >= 0.3 is 0 Å². The zero-order chi connectivity index (χ0) is 15.4. The second-order valence-electron chi connectivity index (χ2n) is 4.41. The van der Waals surface area contributed by atoms with Crippen LogP contribution in [0.15, 0.2) is 40.9 Å². The van der Waals surface area contributed by atoms with E-state index in [0.717, 1.165) is 10.0 Å². The van der Waals surface area contributed by atoms with Gasteiger partial charge in [0.05, 0.1) is 18.7 Å². The van der Waals surface area contributed by atoms with Crippen molar-refractivity contribution >= 4 is 33.3 Å². The second-order valence-corrected chi connectivity index (χ2v) is 5.70. The Labute approximate surface area is 137 Å². The van der Waals surface area contributed by atoms with Crippen molar-refractivity contribution in [1.29, 1.82) is 0 Å². The Kier molecular flexibility index (Phi) is 5.26. The molecule has 0 saturated carbocycles. The Hall–Kier alpha value is -1.52. The van der Waals surface area contributed by atoms with Crippen molar-refractivity contribution < 1.29 is 14.3 Å². The van der Waals surface area contributed by atoms with Gasteiger partial charge in [0.15, 0.2) is 5.78 Å². The number of Topliss-reactive ketones (excluding diaryl/α,β-unsaturated/α-hetero) is 1. The van der Waals surface area contributed by atoms with Crippen LogP contribution >= 0.6 is 27.5 Å². The molecule has 0 fully saturated rings. The van der Waals surface area contributed by atoms with E-state index in [-0.39, 0.29) is 12.2 Å². The minimum Gasteiger partial charge on any atom is -0.496 e. The minimum atomic E-state index is -0.0149. The zero-order valence-corrected chi connectivity index (χ0v) is 14.0. The highest BCUT2D eigenvalue weighted by Gasteiger charge is 2.13. The van der Waals surface area contributed by atoms with Crippen LogP contribution in [0.1, 0.15) is 15.9 Å². The Balaban J connectivity index is 2.26. The number of rotatable bonds is 5. The molecule has 5 heteroatoms. The largest absolute Gasteiger partial charge is 0.496 e. The molecular weight excluding hydrogens is 356 g/mol. The first-order chi connectivity index (χ1) is 10.0. The summed E-state index contributed by atoms with van der Waals surface area (Å²) in [5, 5.41) is 0.578. The first kappa shape index (κ1) is 15.9. The van der Waals surface area contributed by atoms with Gasteiger partial charge in [-0.1, -0.05) is 11.6 Å². The van der Waals surface area contributed by atoms with Crippen LogP contribution in [0, 0.1) is 0 Å². The number of benzene rings is 2. The van der Waals surface area contributed by atoms with Crippen molar-refractivity contribution in [2.75, 3.05) is 14.2 Å². The van der Waals surface area contributed by atoms with Crippen LogP contribution in [-0.2, 0) is 6.42 Å². The molecule has 2 aromatic carbocycles. The van der Waals surface area contributed by atoms with Crippen LogP contribution in [0.3, 0.4) is 0 Å². The smallest absolute Gasteiger partial charge is 0.167 e. The number of carbonyl (C=O) groups is 1. The number of methoxy groups -OCH3 is 2. The van der Waals surface area contributed by atoms with Gasteiger partial charge in [0, 0.05) is 22.6 Å². The van der Waals surface area contributed by atoms with Gasteiger partial charge in [0.2, 0.25) is 0 Å². The van der Waals surface area contributed by atoms with Gasteiger partial charge in [-0.15, -0.1) is 0 Å². The number of halogens is 2. The molecule has 3 nitrogen and oxygen atoms in total. The Morgan fingerprint density at radius 3 is 2.38 bits per heavy atom. The predicted molar refractivity (Wildman–Crippen MR) is 86.7 cm³/mol. The maximum atomic E-state index is 12.4. The molecule has 0 atom stereocenters. The van der Waals surface area contributed by atoms with Gasteiger partial charge in [0.1, 0.15) is 11.5 Å². The normalized spacial score (nSPS) is 10.3. The SMILES string of the molecule is COc1ccc(C(=O)Cc2cc(Cl)ccc2OC)cc1Br. The first-order valence-corrected chi connectivity index (χ1v) is 7.41. The molecule has 110 valence electrons. The van der Waals surface area contributed by atoms with Gasteiger partial charge in [-0.2, -0.15) is 0 Å². The molecule has 0 amide bonds. The monoisotopic (exact) mass is 368 g/mol. The van der Waals surface area contributed by atoms with Crippen LogP contribution < -0.4 is 9.47 Å². The lowest BCUT2D eigenvalue weighted by molar-refractivity contribution is 0.0992. The van der Waals surface area contributed by atoms with E-state index in [1.54, 1.807) is 50.6 Å². The molecule has 0 aromatic heterocycles. The third kappa shape index (κ3) is 3.77. The maximum absolute atomic E-state index is 12.4. The lowest BCUT2D eigenvalue weighted by Gasteiger charge is -2.09. The van der Waals surface area contributed by atoms with Gasteiger partial charge < -0.3 is 9.47 Å². The fourth-order valence-electron chi connectivity index (χ4n) is 2.00. The molecule has 0 radical (unpaired) electrons. The molecule has 0 bridgehead atoms. The molecule has 0 spiro atoms. The first-order valence-electron chi connectivity index (χ1n) is 6.24. The van der Waals surface area contributed by atoms with Crippen molar-refractivity contribution in [1.82, 2.24) is 0 Å². The second kappa shape index (κ2) is 6.96. The highest BCUT2D eigenvalue weighted by atomic mass is 79.9. The molecular formula is C16H14BrClO3. The summed E-state index contributed by atoms with van der Waals surface area (Å²) in [6.45, 7) is 0. The molecule has 0 saturated heterocycles. The average molecular weight is 370 g/mol. The van der Waals surface area contributed by atoms with Crippen LogP contribution in [0.25, 0.3) is 0 Å². The summed E-state index contributed by atoms with van der Waals surface area (Å²) in [4.78, 5) is 12.4. The molecule has 0 unspecified atom stereocenters. The number of ketones is 1. The van der Waals surface area contributed by atoms with E-state index < -0.39 is 0 Å². The van der Waals surface area contributed by atoms with Gasteiger partial charge in [0.25, 0.3) is 0 Å². The highest BCUT2D eigenvalue weighted by Crippen LogP contribution is 2.28. The molecule has 0 heterocycles. The van der Waals surface area contributed by atoms with Crippen molar-refractivity contribution in [2.45, 2.75) is 6.42 Å². The molecule has 2 rings (SSSR count).